The molecule has 2 fully saturated rings. The van der Waals surface area contributed by atoms with Crippen molar-refractivity contribution in [3.8, 4) is 17.0 Å². The summed E-state index contributed by atoms with van der Waals surface area (Å²) in [6.45, 7) is 5.93. The van der Waals surface area contributed by atoms with Gasteiger partial charge in [0.05, 0.1) is 17.3 Å². The van der Waals surface area contributed by atoms with E-state index in [0.717, 1.165) is 42.5 Å². The Morgan fingerprint density at radius 1 is 1.26 bits per heavy atom. The zero-order valence-corrected chi connectivity index (χ0v) is 20.9. The number of pyridine rings is 1. The van der Waals surface area contributed by atoms with Crippen molar-refractivity contribution in [3.63, 3.8) is 0 Å². The lowest BCUT2D eigenvalue weighted by Crippen LogP contribution is -2.45. The predicted octanol–water partition coefficient (Wildman–Crippen LogP) is 3.86. The molecule has 0 atom stereocenters. The van der Waals surface area contributed by atoms with Crippen LogP contribution in [0, 0.1) is 5.92 Å². The van der Waals surface area contributed by atoms with Crippen molar-refractivity contribution < 1.29 is 19.1 Å². The lowest BCUT2D eigenvalue weighted by atomic mass is 10.1. The molecule has 0 saturated heterocycles. The molecular weight excluding hydrogens is 448 g/mol. The number of anilines is 1. The molecular formula is C25H32N6O4. The molecule has 35 heavy (non-hydrogen) atoms. The fourth-order valence-electron chi connectivity index (χ4n) is 4.09. The molecule has 2 amide bonds. The highest BCUT2D eigenvalue weighted by Gasteiger charge is 2.50. The molecule has 0 unspecified atom stereocenters. The van der Waals surface area contributed by atoms with Crippen molar-refractivity contribution in [2.24, 2.45) is 13.0 Å². The number of fused-ring (bicyclic) bond motifs is 1. The molecule has 5 rings (SSSR count). The van der Waals surface area contributed by atoms with E-state index in [-0.39, 0.29) is 23.5 Å². The second-order valence-corrected chi connectivity index (χ2v) is 10.6. The summed E-state index contributed by atoms with van der Waals surface area (Å²) in [5.41, 5.74) is 1.67. The van der Waals surface area contributed by atoms with E-state index in [1.54, 1.807) is 27.3 Å². The van der Waals surface area contributed by atoms with Crippen LogP contribution in [0.5, 0.6) is 5.75 Å². The van der Waals surface area contributed by atoms with E-state index in [2.05, 4.69) is 15.5 Å². The standard InChI is InChI=1S/C25H32N6O4/c1-24(2,3)35-23(33)29(4)25(9-10-25)15-34-19-14-26-30(5)21(19)17-8-11-31-18(12-17)13-20(28-31)27-22(32)16-6-7-16/h8,11-14,16H,6-7,9-10,15H2,1-5H3,(H,27,28,32). The van der Waals surface area contributed by atoms with Crippen LogP contribution in [0.25, 0.3) is 16.8 Å². The van der Waals surface area contributed by atoms with Gasteiger partial charge in [-0.05, 0) is 58.6 Å². The van der Waals surface area contributed by atoms with E-state index < -0.39 is 5.60 Å². The van der Waals surface area contributed by atoms with Gasteiger partial charge in [-0.1, -0.05) is 0 Å². The number of nitrogens with one attached hydrogen (secondary N) is 1. The summed E-state index contributed by atoms with van der Waals surface area (Å²) in [6, 6.07) is 5.79. The van der Waals surface area contributed by atoms with Gasteiger partial charge in [0, 0.05) is 37.8 Å². The molecule has 3 aromatic rings. The number of amides is 2. The van der Waals surface area contributed by atoms with Crippen LogP contribution in [-0.2, 0) is 16.6 Å². The lowest BCUT2D eigenvalue weighted by molar-refractivity contribution is -0.117. The smallest absolute Gasteiger partial charge is 0.410 e. The fourth-order valence-corrected chi connectivity index (χ4v) is 4.09. The Morgan fingerprint density at radius 2 is 2.00 bits per heavy atom. The molecule has 2 aliphatic carbocycles. The van der Waals surface area contributed by atoms with Crippen molar-refractivity contribution in [1.82, 2.24) is 24.3 Å². The predicted molar refractivity (Wildman–Crippen MR) is 130 cm³/mol. The number of aryl methyl sites for hydroxylation is 1. The average Bonchev–Trinajstić information content (AvgIpc) is 3.70. The zero-order chi connectivity index (χ0) is 25.0. The Balaban J connectivity index is 1.32. The number of likely N-dealkylation sites (N-methyl/N-ethyl adjacent to an activating group) is 1. The Hall–Kier alpha value is -3.56. The zero-order valence-electron chi connectivity index (χ0n) is 20.9. The van der Waals surface area contributed by atoms with Crippen molar-refractivity contribution in [1.29, 1.82) is 0 Å². The van der Waals surface area contributed by atoms with Gasteiger partial charge in [-0.25, -0.2) is 9.31 Å². The molecule has 186 valence electrons. The Bertz CT molecular complexity index is 1280. The molecule has 10 heteroatoms. The van der Waals surface area contributed by atoms with Gasteiger partial charge in [-0.15, -0.1) is 0 Å². The highest BCUT2D eigenvalue weighted by atomic mass is 16.6. The minimum Gasteiger partial charge on any atom is -0.487 e. The topological polar surface area (TPSA) is 103 Å². The number of hydrogen-bond donors (Lipinski definition) is 1. The number of aromatic nitrogens is 4. The number of nitrogens with zero attached hydrogens (tertiary/aromatic N) is 5. The van der Waals surface area contributed by atoms with Crippen LogP contribution in [0.2, 0.25) is 0 Å². The van der Waals surface area contributed by atoms with Gasteiger partial charge in [0.2, 0.25) is 5.91 Å². The highest BCUT2D eigenvalue weighted by molar-refractivity contribution is 5.93. The largest absolute Gasteiger partial charge is 0.487 e. The van der Waals surface area contributed by atoms with Crippen LogP contribution in [0.4, 0.5) is 10.6 Å². The third-order valence-electron chi connectivity index (χ3n) is 6.54. The van der Waals surface area contributed by atoms with Gasteiger partial charge in [0.15, 0.2) is 11.6 Å². The van der Waals surface area contributed by atoms with Gasteiger partial charge < -0.3 is 19.7 Å². The summed E-state index contributed by atoms with van der Waals surface area (Å²) >= 11 is 0. The van der Waals surface area contributed by atoms with E-state index in [9.17, 15) is 9.59 Å². The number of rotatable bonds is 7. The molecule has 0 aromatic carbocycles. The number of ether oxygens (including phenoxy) is 2. The SMILES string of the molecule is CN(C(=O)OC(C)(C)C)C1(COc2cnn(C)c2-c2ccn3nc(NC(=O)C4CC4)cc3c2)CC1. The number of hydrogen-bond acceptors (Lipinski definition) is 6. The molecule has 1 N–H and O–H groups in total. The maximum atomic E-state index is 12.6. The molecule has 10 nitrogen and oxygen atoms in total. The lowest BCUT2D eigenvalue weighted by Gasteiger charge is -2.30. The molecule has 3 heterocycles. The Kier molecular flexibility index (Phi) is 5.49. The molecule has 2 saturated carbocycles. The van der Waals surface area contributed by atoms with E-state index in [1.807, 2.05) is 52.2 Å². The Labute approximate surface area is 204 Å². The van der Waals surface area contributed by atoms with Crippen LogP contribution in [0.1, 0.15) is 46.5 Å². The normalized spacial score (nSPS) is 16.7. The minimum absolute atomic E-state index is 0.0290. The van der Waals surface area contributed by atoms with Gasteiger partial charge in [-0.2, -0.15) is 10.2 Å². The van der Waals surface area contributed by atoms with Crippen LogP contribution in [0.15, 0.2) is 30.6 Å². The van der Waals surface area contributed by atoms with E-state index >= 15 is 0 Å². The van der Waals surface area contributed by atoms with Crippen molar-refractivity contribution >= 4 is 23.3 Å². The van der Waals surface area contributed by atoms with Gasteiger partial charge >= 0.3 is 6.09 Å². The summed E-state index contributed by atoms with van der Waals surface area (Å²) in [4.78, 5) is 26.3. The van der Waals surface area contributed by atoms with E-state index in [1.165, 1.54) is 0 Å². The summed E-state index contributed by atoms with van der Waals surface area (Å²) in [5.74, 6) is 1.33. The first-order valence-electron chi connectivity index (χ1n) is 12.0. The van der Waals surface area contributed by atoms with Crippen molar-refractivity contribution in [3.05, 3.63) is 30.6 Å². The molecule has 0 radical (unpaired) electrons. The molecule has 2 aliphatic rings. The first-order valence-corrected chi connectivity index (χ1v) is 12.0. The van der Waals surface area contributed by atoms with Gasteiger partial charge in [0.1, 0.15) is 17.9 Å². The fraction of sp³-hybridized carbons (Fsp3) is 0.520. The molecule has 0 spiro atoms. The molecule has 3 aromatic heterocycles. The summed E-state index contributed by atoms with van der Waals surface area (Å²) in [7, 11) is 3.63. The van der Waals surface area contributed by atoms with Gasteiger partial charge in [0.25, 0.3) is 0 Å². The second kappa shape index (κ2) is 8.28. The third-order valence-corrected chi connectivity index (χ3v) is 6.54. The summed E-state index contributed by atoms with van der Waals surface area (Å²) in [6.07, 6.45) is 6.81. The summed E-state index contributed by atoms with van der Waals surface area (Å²) < 4.78 is 15.3. The second-order valence-electron chi connectivity index (χ2n) is 10.6. The quantitative estimate of drug-likeness (QED) is 0.551. The van der Waals surface area contributed by atoms with E-state index in [4.69, 9.17) is 9.47 Å². The van der Waals surface area contributed by atoms with Crippen LogP contribution in [0.3, 0.4) is 0 Å². The van der Waals surface area contributed by atoms with Gasteiger partial charge in [-0.3, -0.25) is 9.48 Å². The minimum atomic E-state index is -0.550. The van der Waals surface area contributed by atoms with Crippen LogP contribution >= 0.6 is 0 Å². The molecule has 0 bridgehead atoms. The van der Waals surface area contributed by atoms with Crippen LogP contribution < -0.4 is 10.1 Å². The van der Waals surface area contributed by atoms with Crippen molar-refractivity contribution in [2.45, 2.75) is 57.6 Å². The Morgan fingerprint density at radius 3 is 2.66 bits per heavy atom. The van der Waals surface area contributed by atoms with Crippen LogP contribution in [-0.4, -0.2) is 61.1 Å². The third kappa shape index (κ3) is 4.82. The average molecular weight is 481 g/mol. The van der Waals surface area contributed by atoms with Crippen molar-refractivity contribution in [2.75, 3.05) is 19.0 Å². The number of carbonyl (C=O) groups excluding carboxylic acids is 2. The monoisotopic (exact) mass is 480 g/mol. The molecule has 0 aliphatic heterocycles. The maximum absolute atomic E-state index is 12.6. The van der Waals surface area contributed by atoms with E-state index in [0.29, 0.717) is 18.2 Å². The maximum Gasteiger partial charge on any atom is 0.410 e. The summed E-state index contributed by atoms with van der Waals surface area (Å²) in [5, 5.41) is 11.7. The first kappa shape index (κ1) is 23.2. The first-order chi connectivity index (χ1) is 16.5. The number of carbonyl (C=O) groups is 2. The highest BCUT2D eigenvalue weighted by Crippen LogP contribution is 2.43.